The number of hydrogen-bond acceptors (Lipinski definition) is 4. The summed E-state index contributed by atoms with van der Waals surface area (Å²) in [6.45, 7) is 7.34. The molecule has 0 aliphatic carbocycles. The van der Waals surface area contributed by atoms with Crippen LogP contribution in [0.3, 0.4) is 0 Å². The van der Waals surface area contributed by atoms with E-state index in [0.717, 1.165) is 46.3 Å². The van der Waals surface area contributed by atoms with Gasteiger partial charge in [-0.05, 0) is 57.4 Å². The Bertz CT molecular complexity index is 1220. The van der Waals surface area contributed by atoms with E-state index in [9.17, 15) is 31.2 Å². The van der Waals surface area contributed by atoms with Crippen molar-refractivity contribution in [3.05, 3.63) is 65.2 Å². The molecule has 11 heteroatoms. The number of sulfonamides is 1. The molecule has 0 bridgehead atoms. The first kappa shape index (κ1) is 31.1. The Morgan fingerprint density at radius 2 is 1.71 bits per heavy atom. The van der Waals surface area contributed by atoms with Crippen LogP contribution in [-0.2, 0) is 32.3 Å². The quantitative estimate of drug-likeness (QED) is 0.404. The molecule has 0 saturated heterocycles. The third-order valence-corrected chi connectivity index (χ3v) is 7.41. The third kappa shape index (κ3) is 9.04. The van der Waals surface area contributed by atoms with Crippen molar-refractivity contribution in [1.82, 2.24) is 10.2 Å². The zero-order valence-corrected chi connectivity index (χ0v) is 23.2. The molecule has 0 spiro atoms. The SMILES string of the molecule is CC[C@H](C)NC(=O)[C@H](C)N(Cc1cccc(C)c1)C(=O)CCCN(c1cccc(C(F)(F)F)c1)S(C)(=O)=O. The summed E-state index contributed by atoms with van der Waals surface area (Å²) in [5.74, 6) is -0.669. The van der Waals surface area contributed by atoms with E-state index < -0.39 is 27.8 Å². The molecule has 2 rings (SSSR count). The van der Waals surface area contributed by atoms with Gasteiger partial charge in [-0.2, -0.15) is 13.2 Å². The second-order valence-corrected chi connectivity index (χ2v) is 11.4. The van der Waals surface area contributed by atoms with E-state index in [1.54, 1.807) is 6.92 Å². The Labute approximate surface area is 223 Å². The summed E-state index contributed by atoms with van der Waals surface area (Å²) in [5, 5.41) is 2.88. The molecule has 0 aliphatic heterocycles. The standard InChI is InChI=1S/C27H36F3N3O4S/c1-6-20(3)31-26(35)21(4)32(18-22-11-7-10-19(2)16-22)25(34)14-9-15-33(38(5,36)37)24-13-8-12-23(17-24)27(28,29)30/h7-8,10-13,16-17,20-21H,6,9,14-15,18H2,1-5H3,(H,31,35)/t20-,21-/m0/s1. The summed E-state index contributed by atoms with van der Waals surface area (Å²) < 4.78 is 65.2. The zero-order valence-electron chi connectivity index (χ0n) is 22.4. The van der Waals surface area contributed by atoms with Gasteiger partial charge in [-0.1, -0.05) is 42.8 Å². The number of halogens is 3. The predicted molar refractivity (Wildman–Crippen MR) is 142 cm³/mol. The highest BCUT2D eigenvalue weighted by molar-refractivity contribution is 7.92. The lowest BCUT2D eigenvalue weighted by Crippen LogP contribution is -2.49. The third-order valence-electron chi connectivity index (χ3n) is 6.22. The number of hydrogen-bond donors (Lipinski definition) is 1. The number of carbonyl (C=O) groups excluding carboxylic acids is 2. The monoisotopic (exact) mass is 555 g/mol. The average Bonchev–Trinajstić information content (AvgIpc) is 2.83. The van der Waals surface area contributed by atoms with Gasteiger partial charge in [-0.25, -0.2) is 8.42 Å². The summed E-state index contributed by atoms with van der Waals surface area (Å²) >= 11 is 0. The Morgan fingerprint density at radius 1 is 1.05 bits per heavy atom. The van der Waals surface area contributed by atoms with Gasteiger partial charge in [0.05, 0.1) is 17.5 Å². The number of rotatable bonds is 12. The summed E-state index contributed by atoms with van der Waals surface area (Å²) in [7, 11) is -3.92. The van der Waals surface area contributed by atoms with Crippen molar-refractivity contribution in [2.45, 2.75) is 71.8 Å². The van der Waals surface area contributed by atoms with E-state index in [4.69, 9.17) is 0 Å². The Balaban J connectivity index is 2.22. The van der Waals surface area contributed by atoms with Crippen LogP contribution in [0.2, 0.25) is 0 Å². The maximum atomic E-state index is 13.3. The van der Waals surface area contributed by atoms with E-state index in [-0.39, 0.29) is 49.5 Å². The van der Waals surface area contributed by atoms with E-state index in [2.05, 4.69) is 5.32 Å². The number of amides is 2. The molecule has 2 atom stereocenters. The largest absolute Gasteiger partial charge is 0.416 e. The van der Waals surface area contributed by atoms with Crippen LogP contribution >= 0.6 is 0 Å². The summed E-state index contributed by atoms with van der Waals surface area (Å²) in [6, 6.07) is 10.7. The van der Waals surface area contributed by atoms with Gasteiger partial charge in [-0.15, -0.1) is 0 Å². The maximum Gasteiger partial charge on any atom is 0.416 e. The molecule has 2 amide bonds. The number of carbonyl (C=O) groups is 2. The molecule has 0 unspecified atom stereocenters. The molecular formula is C27H36F3N3O4S. The first-order valence-corrected chi connectivity index (χ1v) is 14.3. The van der Waals surface area contributed by atoms with Crippen LogP contribution < -0.4 is 9.62 Å². The molecule has 0 saturated carbocycles. The van der Waals surface area contributed by atoms with Gasteiger partial charge in [0.25, 0.3) is 0 Å². The van der Waals surface area contributed by atoms with Gasteiger partial charge >= 0.3 is 6.18 Å². The minimum atomic E-state index is -4.63. The van der Waals surface area contributed by atoms with Crippen LogP contribution in [0.1, 0.15) is 56.7 Å². The van der Waals surface area contributed by atoms with Crippen molar-refractivity contribution in [3.63, 3.8) is 0 Å². The maximum absolute atomic E-state index is 13.3. The van der Waals surface area contributed by atoms with Crippen molar-refractivity contribution in [2.24, 2.45) is 0 Å². The van der Waals surface area contributed by atoms with Gasteiger partial charge in [0.1, 0.15) is 6.04 Å². The fraction of sp³-hybridized carbons (Fsp3) is 0.481. The Hall–Kier alpha value is -3.08. The highest BCUT2D eigenvalue weighted by Crippen LogP contribution is 2.32. The van der Waals surface area contributed by atoms with Gasteiger partial charge in [0, 0.05) is 25.6 Å². The normalized spacial score (nSPS) is 13.5. The summed E-state index contributed by atoms with van der Waals surface area (Å²) in [6.07, 6.45) is -3.05. The first-order valence-electron chi connectivity index (χ1n) is 12.4. The van der Waals surface area contributed by atoms with Crippen molar-refractivity contribution >= 4 is 27.5 Å². The van der Waals surface area contributed by atoms with Gasteiger partial charge in [0.2, 0.25) is 21.8 Å². The molecule has 0 aliphatic rings. The minimum absolute atomic E-state index is 0.0478. The number of nitrogens with one attached hydrogen (secondary N) is 1. The first-order chi connectivity index (χ1) is 17.6. The summed E-state index contributed by atoms with van der Waals surface area (Å²) in [5.41, 5.74) is 0.734. The molecule has 7 nitrogen and oxygen atoms in total. The lowest BCUT2D eigenvalue weighted by Gasteiger charge is -2.30. The van der Waals surface area contributed by atoms with Crippen LogP contribution in [0.15, 0.2) is 48.5 Å². The lowest BCUT2D eigenvalue weighted by atomic mass is 10.1. The van der Waals surface area contributed by atoms with E-state index in [1.807, 2.05) is 45.0 Å². The van der Waals surface area contributed by atoms with E-state index in [0.29, 0.717) is 0 Å². The smallest absolute Gasteiger partial charge is 0.352 e. The molecule has 2 aromatic carbocycles. The zero-order chi connectivity index (χ0) is 28.7. The molecule has 38 heavy (non-hydrogen) atoms. The highest BCUT2D eigenvalue weighted by atomic mass is 32.2. The van der Waals surface area contributed by atoms with E-state index in [1.165, 1.54) is 11.0 Å². The Morgan fingerprint density at radius 3 is 2.29 bits per heavy atom. The van der Waals surface area contributed by atoms with Crippen LogP contribution in [-0.4, -0.2) is 50.0 Å². The summed E-state index contributed by atoms with van der Waals surface area (Å²) in [4.78, 5) is 27.6. The predicted octanol–water partition coefficient (Wildman–Crippen LogP) is 4.89. The number of aryl methyl sites for hydroxylation is 1. The molecule has 2 aromatic rings. The second-order valence-electron chi connectivity index (χ2n) is 9.49. The van der Waals surface area contributed by atoms with Crippen LogP contribution in [0.25, 0.3) is 0 Å². The Kier molecular flexibility index (Phi) is 10.8. The van der Waals surface area contributed by atoms with Gasteiger partial charge < -0.3 is 10.2 Å². The molecule has 1 N–H and O–H groups in total. The van der Waals surface area contributed by atoms with Gasteiger partial charge in [0.15, 0.2) is 0 Å². The topological polar surface area (TPSA) is 86.8 Å². The number of anilines is 1. The number of benzene rings is 2. The fourth-order valence-electron chi connectivity index (χ4n) is 3.90. The van der Waals surface area contributed by atoms with Crippen molar-refractivity contribution in [2.75, 3.05) is 17.1 Å². The number of alkyl halides is 3. The van der Waals surface area contributed by atoms with Crippen LogP contribution in [0.5, 0.6) is 0 Å². The van der Waals surface area contributed by atoms with Crippen LogP contribution in [0.4, 0.5) is 18.9 Å². The average molecular weight is 556 g/mol. The molecular weight excluding hydrogens is 519 g/mol. The second kappa shape index (κ2) is 13.1. The molecule has 0 aromatic heterocycles. The highest BCUT2D eigenvalue weighted by Gasteiger charge is 2.32. The number of nitrogens with zero attached hydrogens (tertiary/aromatic N) is 2. The van der Waals surface area contributed by atoms with Crippen molar-refractivity contribution in [3.8, 4) is 0 Å². The minimum Gasteiger partial charge on any atom is -0.352 e. The molecule has 0 heterocycles. The van der Waals surface area contributed by atoms with Crippen LogP contribution in [0, 0.1) is 6.92 Å². The van der Waals surface area contributed by atoms with Gasteiger partial charge in [-0.3, -0.25) is 13.9 Å². The molecule has 0 fully saturated rings. The van der Waals surface area contributed by atoms with Crippen molar-refractivity contribution in [1.29, 1.82) is 0 Å². The van der Waals surface area contributed by atoms with E-state index >= 15 is 0 Å². The molecule has 210 valence electrons. The molecule has 0 radical (unpaired) electrons. The van der Waals surface area contributed by atoms with Crippen molar-refractivity contribution < 1.29 is 31.2 Å². The fourth-order valence-corrected chi connectivity index (χ4v) is 4.85. The lowest BCUT2D eigenvalue weighted by molar-refractivity contribution is -0.140.